The Balaban J connectivity index is 1.67. The van der Waals surface area contributed by atoms with Gasteiger partial charge in [-0.15, -0.1) is 0 Å². The normalized spacial score (nSPS) is 11.9. The van der Waals surface area contributed by atoms with Crippen LogP contribution in [0.1, 0.15) is 29.2 Å². The summed E-state index contributed by atoms with van der Waals surface area (Å²) in [6.45, 7) is 4.76. The molecule has 0 aromatic heterocycles. The third-order valence-corrected chi connectivity index (χ3v) is 5.17. The van der Waals surface area contributed by atoms with E-state index in [1.165, 1.54) is 11.1 Å². The number of ether oxygens (including phenoxy) is 2. The first-order chi connectivity index (χ1) is 14.9. The highest BCUT2D eigenvalue weighted by Gasteiger charge is 2.15. The summed E-state index contributed by atoms with van der Waals surface area (Å²) >= 11 is 0. The molecule has 162 valence electrons. The van der Waals surface area contributed by atoms with Gasteiger partial charge in [-0.05, 0) is 74.0 Å². The van der Waals surface area contributed by atoms with Crippen LogP contribution >= 0.6 is 0 Å². The third-order valence-electron chi connectivity index (χ3n) is 5.17. The minimum atomic E-state index is -0.834. The third kappa shape index (κ3) is 6.86. The van der Waals surface area contributed by atoms with E-state index in [4.69, 9.17) is 14.6 Å². The number of hydrogen-bond donors (Lipinski definition) is 1. The first kappa shape index (κ1) is 22.4. The van der Waals surface area contributed by atoms with Gasteiger partial charge in [0.2, 0.25) is 0 Å². The van der Waals surface area contributed by atoms with Crippen molar-refractivity contribution in [3.8, 4) is 17.2 Å². The number of benzene rings is 3. The zero-order valence-corrected chi connectivity index (χ0v) is 18.2. The Hall–Kier alpha value is -3.31. The minimum absolute atomic E-state index is 0.00598. The molecule has 1 atom stereocenters. The molecule has 0 bridgehead atoms. The molecule has 5 nitrogen and oxygen atoms in total. The van der Waals surface area contributed by atoms with E-state index in [0.29, 0.717) is 13.0 Å². The minimum Gasteiger partial charge on any atom is -0.486 e. The zero-order chi connectivity index (χ0) is 22.2. The fourth-order valence-electron chi connectivity index (χ4n) is 3.27. The van der Waals surface area contributed by atoms with E-state index in [0.717, 1.165) is 22.8 Å². The standard InChI is InChI=1S/C26H29NO4/c1-19-9-10-24(17-20(19)2)30-22-11-13-23(14-12-22)31-25(21-7-5-4-6-8-21)15-16-27(3)18-26(28)29/h4-14,17,25H,15-16,18H2,1-3H3,(H,28,29). The number of nitrogens with zero attached hydrogens (tertiary/aromatic N) is 1. The Morgan fingerprint density at radius 2 is 1.55 bits per heavy atom. The molecule has 3 aromatic rings. The lowest BCUT2D eigenvalue weighted by molar-refractivity contribution is -0.138. The molecule has 0 amide bonds. The maximum Gasteiger partial charge on any atom is 0.317 e. The summed E-state index contributed by atoms with van der Waals surface area (Å²) in [6.07, 6.45) is 0.498. The van der Waals surface area contributed by atoms with Crippen molar-refractivity contribution in [2.24, 2.45) is 0 Å². The molecule has 3 aromatic carbocycles. The highest BCUT2D eigenvalue weighted by molar-refractivity contribution is 5.69. The van der Waals surface area contributed by atoms with E-state index >= 15 is 0 Å². The first-order valence-corrected chi connectivity index (χ1v) is 10.4. The van der Waals surface area contributed by atoms with Crippen molar-refractivity contribution in [2.45, 2.75) is 26.4 Å². The van der Waals surface area contributed by atoms with E-state index in [9.17, 15) is 4.79 Å². The van der Waals surface area contributed by atoms with Crippen molar-refractivity contribution in [1.29, 1.82) is 0 Å². The molecule has 1 N–H and O–H groups in total. The molecular weight excluding hydrogens is 390 g/mol. The van der Waals surface area contributed by atoms with E-state index in [1.54, 1.807) is 11.9 Å². The molecule has 0 saturated heterocycles. The van der Waals surface area contributed by atoms with Gasteiger partial charge < -0.3 is 14.6 Å². The van der Waals surface area contributed by atoms with Crippen LogP contribution in [0.4, 0.5) is 0 Å². The van der Waals surface area contributed by atoms with Crippen molar-refractivity contribution in [3.05, 3.63) is 89.5 Å². The van der Waals surface area contributed by atoms with Crippen LogP contribution in [-0.4, -0.2) is 36.1 Å². The smallest absolute Gasteiger partial charge is 0.317 e. The molecule has 0 saturated carbocycles. The highest BCUT2D eigenvalue weighted by Crippen LogP contribution is 2.29. The molecule has 1 unspecified atom stereocenters. The van der Waals surface area contributed by atoms with Crippen molar-refractivity contribution in [2.75, 3.05) is 20.1 Å². The Labute approximate surface area is 183 Å². The Bertz CT molecular complexity index is 986. The van der Waals surface area contributed by atoms with Gasteiger partial charge in [-0.2, -0.15) is 0 Å². The topological polar surface area (TPSA) is 59.0 Å². The van der Waals surface area contributed by atoms with Crippen LogP contribution < -0.4 is 9.47 Å². The molecule has 0 heterocycles. The predicted octanol–water partition coefficient (Wildman–Crippen LogP) is 5.62. The lowest BCUT2D eigenvalue weighted by Crippen LogP contribution is -2.28. The highest BCUT2D eigenvalue weighted by atomic mass is 16.5. The molecule has 0 radical (unpaired) electrons. The summed E-state index contributed by atoms with van der Waals surface area (Å²) in [4.78, 5) is 12.7. The van der Waals surface area contributed by atoms with Crippen molar-refractivity contribution < 1.29 is 19.4 Å². The number of rotatable bonds is 10. The molecule has 0 aliphatic rings. The van der Waals surface area contributed by atoms with Gasteiger partial charge in [-0.3, -0.25) is 9.69 Å². The second kappa shape index (κ2) is 10.6. The van der Waals surface area contributed by atoms with Gasteiger partial charge in [-0.1, -0.05) is 36.4 Å². The average molecular weight is 420 g/mol. The maximum absolute atomic E-state index is 10.9. The SMILES string of the molecule is Cc1ccc(Oc2ccc(OC(CCN(C)CC(=O)O)c3ccccc3)cc2)cc1C. The predicted molar refractivity (Wildman–Crippen MR) is 122 cm³/mol. The molecule has 3 rings (SSSR count). The maximum atomic E-state index is 10.9. The van der Waals surface area contributed by atoms with Crippen LogP contribution in [0.15, 0.2) is 72.8 Å². The second-order valence-electron chi connectivity index (χ2n) is 7.76. The average Bonchev–Trinajstić information content (AvgIpc) is 2.75. The van der Waals surface area contributed by atoms with Gasteiger partial charge in [0.15, 0.2) is 0 Å². The number of carboxylic acid groups (broad SMARTS) is 1. The van der Waals surface area contributed by atoms with Crippen molar-refractivity contribution in [3.63, 3.8) is 0 Å². The Morgan fingerprint density at radius 3 is 2.19 bits per heavy atom. The summed E-state index contributed by atoms with van der Waals surface area (Å²) < 4.78 is 12.2. The van der Waals surface area contributed by atoms with Gasteiger partial charge in [0.25, 0.3) is 0 Å². The summed E-state index contributed by atoms with van der Waals surface area (Å²) in [7, 11) is 1.80. The van der Waals surface area contributed by atoms with Gasteiger partial charge in [0.05, 0.1) is 6.54 Å². The molecular formula is C26H29NO4. The van der Waals surface area contributed by atoms with Crippen LogP contribution in [-0.2, 0) is 4.79 Å². The van der Waals surface area contributed by atoms with Gasteiger partial charge in [-0.25, -0.2) is 0 Å². The number of likely N-dealkylation sites (N-methyl/N-ethyl adjacent to an activating group) is 1. The number of aryl methyl sites for hydroxylation is 2. The van der Waals surface area contributed by atoms with Gasteiger partial charge >= 0.3 is 5.97 Å². The van der Waals surface area contributed by atoms with Crippen molar-refractivity contribution >= 4 is 5.97 Å². The van der Waals surface area contributed by atoms with E-state index in [1.807, 2.05) is 72.8 Å². The van der Waals surface area contributed by atoms with Gasteiger partial charge in [0, 0.05) is 13.0 Å². The number of carboxylic acids is 1. The number of hydrogen-bond acceptors (Lipinski definition) is 4. The number of carbonyl (C=O) groups is 1. The van der Waals surface area contributed by atoms with Crippen LogP contribution in [0, 0.1) is 13.8 Å². The first-order valence-electron chi connectivity index (χ1n) is 10.4. The van der Waals surface area contributed by atoms with E-state index < -0.39 is 5.97 Å². The van der Waals surface area contributed by atoms with Crippen LogP contribution in [0.3, 0.4) is 0 Å². The van der Waals surface area contributed by atoms with Crippen LogP contribution in [0.2, 0.25) is 0 Å². The van der Waals surface area contributed by atoms with E-state index in [-0.39, 0.29) is 12.6 Å². The quantitative estimate of drug-likeness (QED) is 0.462. The lowest BCUT2D eigenvalue weighted by Gasteiger charge is -2.22. The second-order valence-corrected chi connectivity index (χ2v) is 7.76. The summed E-state index contributed by atoms with van der Waals surface area (Å²) in [5, 5.41) is 8.98. The monoisotopic (exact) mass is 419 g/mol. The molecule has 0 aliphatic heterocycles. The molecule has 0 aliphatic carbocycles. The fourth-order valence-corrected chi connectivity index (χ4v) is 3.27. The fraction of sp³-hybridized carbons (Fsp3) is 0.269. The Morgan fingerprint density at radius 1 is 0.903 bits per heavy atom. The summed E-state index contributed by atoms with van der Waals surface area (Å²) in [6, 6.07) is 23.6. The van der Waals surface area contributed by atoms with Gasteiger partial charge in [0.1, 0.15) is 23.4 Å². The molecule has 31 heavy (non-hydrogen) atoms. The molecule has 5 heteroatoms. The van der Waals surface area contributed by atoms with Crippen molar-refractivity contribution in [1.82, 2.24) is 4.90 Å². The summed E-state index contributed by atoms with van der Waals surface area (Å²) in [5.74, 6) is 1.45. The largest absolute Gasteiger partial charge is 0.486 e. The van der Waals surface area contributed by atoms with Crippen LogP contribution in [0.25, 0.3) is 0 Å². The molecule has 0 spiro atoms. The molecule has 0 fully saturated rings. The van der Waals surface area contributed by atoms with E-state index in [2.05, 4.69) is 13.8 Å². The Kier molecular flexibility index (Phi) is 7.68. The number of aliphatic carboxylic acids is 1. The zero-order valence-electron chi connectivity index (χ0n) is 18.2. The lowest BCUT2D eigenvalue weighted by atomic mass is 10.1. The summed E-state index contributed by atoms with van der Waals surface area (Å²) in [5.41, 5.74) is 3.48. The van der Waals surface area contributed by atoms with Crippen LogP contribution in [0.5, 0.6) is 17.2 Å².